The van der Waals surface area contributed by atoms with Crippen LogP contribution in [0.1, 0.15) is 54.1 Å². The van der Waals surface area contributed by atoms with Crippen LogP contribution in [-0.4, -0.2) is 63.8 Å². The Hall–Kier alpha value is -3.29. The first-order valence-corrected chi connectivity index (χ1v) is 10.5. The number of methoxy groups -OCH3 is 1. The second-order valence-corrected chi connectivity index (χ2v) is 8.32. The molecule has 2 aliphatic rings. The van der Waals surface area contributed by atoms with Crippen molar-refractivity contribution in [3.63, 3.8) is 0 Å². The van der Waals surface area contributed by atoms with Crippen molar-refractivity contribution in [2.45, 2.75) is 38.3 Å². The Balaban J connectivity index is 1.61. The van der Waals surface area contributed by atoms with Gasteiger partial charge in [0.1, 0.15) is 18.1 Å². The van der Waals surface area contributed by atoms with Gasteiger partial charge in [0.25, 0.3) is 5.91 Å². The van der Waals surface area contributed by atoms with Crippen molar-refractivity contribution in [3.8, 4) is 0 Å². The average Bonchev–Trinajstić information content (AvgIpc) is 3.19. The molecule has 8 nitrogen and oxygen atoms in total. The van der Waals surface area contributed by atoms with Gasteiger partial charge in [-0.3, -0.25) is 14.4 Å². The number of rotatable bonds is 4. The van der Waals surface area contributed by atoms with Crippen LogP contribution in [0.4, 0.5) is 0 Å². The number of benzene rings is 1. The SMILES string of the molecule is COC(=O)[C@H]1C[C@H]2CN(C(=O)c3ccnc(C(C)C)n3)CC(=O)N2[C@H]1c1ccccc1. The van der Waals surface area contributed by atoms with Gasteiger partial charge in [-0.2, -0.15) is 0 Å². The lowest BCUT2D eigenvalue weighted by Crippen LogP contribution is -2.56. The number of carbonyl (C=O) groups is 3. The molecular weight excluding hydrogens is 396 g/mol. The van der Waals surface area contributed by atoms with Crippen LogP contribution in [0.2, 0.25) is 0 Å². The molecule has 2 amide bonds. The van der Waals surface area contributed by atoms with E-state index in [1.54, 1.807) is 17.2 Å². The van der Waals surface area contributed by atoms with E-state index in [1.807, 2.05) is 44.2 Å². The Bertz CT molecular complexity index is 994. The third-order valence-corrected chi connectivity index (χ3v) is 5.99. The van der Waals surface area contributed by atoms with Gasteiger partial charge in [0, 0.05) is 18.7 Å². The molecule has 162 valence electrons. The Morgan fingerprint density at radius 2 is 1.90 bits per heavy atom. The minimum absolute atomic E-state index is 0.0480. The summed E-state index contributed by atoms with van der Waals surface area (Å²) in [5.74, 6) is -0.604. The number of carbonyl (C=O) groups excluding carboxylic acids is 3. The van der Waals surface area contributed by atoms with E-state index in [4.69, 9.17) is 4.74 Å². The smallest absolute Gasteiger partial charge is 0.311 e. The summed E-state index contributed by atoms with van der Waals surface area (Å²) in [6.45, 7) is 4.22. The van der Waals surface area contributed by atoms with Crippen LogP contribution in [0.3, 0.4) is 0 Å². The van der Waals surface area contributed by atoms with Gasteiger partial charge >= 0.3 is 5.97 Å². The van der Waals surface area contributed by atoms with Crippen LogP contribution < -0.4 is 0 Å². The maximum absolute atomic E-state index is 13.2. The summed E-state index contributed by atoms with van der Waals surface area (Å²) in [6.07, 6.45) is 2.02. The lowest BCUT2D eigenvalue weighted by atomic mass is 9.93. The first kappa shape index (κ1) is 21.0. The third-order valence-electron chi connectivity index (χ3n) is 5.99. The summed E-state index contributed by atoms with van der Waals surface area (Å²) in [5, 5.41) is 0. The van der Waals surface area contributed by atoms with Crippen molar-refractivity contribution in [2.75, 3.05) is 20.2 Å². The number of ether oxygens (including phenoxy) is 1. The molecular formula is C23H26N4O4. The minimum atomic E-state index is -0.469. The highest BCUT2D eigenvalue weighted by molar-refractivity contribution is 5.96. The molecule has 0 radical (unpaired) electrons. The molecule has 2 saturated heterocycles. The molecule has 0 aliphatic carbocycles. The van der Waals surface area contributed by atoms with E-state index in [1.165, 1.54) is 12.0 Å². The summed E-state index contributed by atoms with van der Waals surface area (Å²) >= 11 is 0. The molecule has 0 N–H and O–H groups in total. The molecule has 4 rings (SSSR count). The Morgan fingerprint density at radius 1 is 1.16 bits per heavy atom. The highest BCUT2D eigenvalue weighted by Crippen LogP contribution is 2.43. The molecule has 3 atom stereocenters. The molecule has 31 heavy (non-hydrogen) atoms. The van der Waals surface area contributed by atoms with Crippen LogP contribution in [0, 0.1) is 5.92 Å². The van der Waals surface area contributed by atoms with Gasteiger partial charge in [0.05, 0.1) is 25.1 Å². The van der Waals surface area contributed by atoms with Gasteiger partial charge < -0.3 is 14.5 Å². The number of aromatic nitrogens is 2. The predicted octanol–water partition coefficient (Wildman–Crippen LogP) is 2.19. The molecule has 0 saturated carbocycles. The van der Waals surface area contributed by atoms with Gasteiger partial charge in [0.15, 0.2) is 0 Å². The Labute approximate surface area is 181 Å². The number of nitrogens with zero attached hydrogens (tertiary/aromatic N) is 4. The fraction of sp³-hybridized carbons (Fsp3) is 0.435. The first-order chi connectivity index (χ1) is 14.9. The van der Waals surface area contributed by atoms with Crippen molar-refractivity contribution in [1.29, 1.82) is 0 Å². The summed E-state index contributed by atoms with van der Waals surface area (Å²) in [5.41, 5.74) is 1.17. The fourth-order valence-corrected chi connectivity index (χ4v) is 4.55. The molecule has 8 heteroatoms. The molecule has 2 aliphatic heterocycles. The number of esters is 1. The number of hydrogen-bond donors (Lipinski definition) is 0. The van der Waals surface area contributed by atoms with Gasteiger partial charge in [-0.05, 0) is 18.1 Å². The van der Waals surface area contributed by atoms with Gasteiger partial charge in [-0.25, -0.2) is 9.97 Å². The maximum Gasteiger partial charge on any atom is 0.311 e. The van der Waals surface area contributed by atoms with Gasteiger partial charge in [-0.1, -0.05) is 44.2 Å². The molecule has 0 spiro atoms. The van der Waals surface area contributed by atoms with Crippen LogP contribution in [-0.2, 0) is 14.3 Å². The summed E-state index contributed by atoms with van der Waals surface area (Å²) in [7, 11) is 1.36. The van der Waals surface area contributed by atoms with Crippen LogP contribution >= 0.6 is 0 Å². The number of fused-ring (bicyclic) bond motifs is 1. The van der Waals surface area contributed by atoms with E-state index in [-0.39, 0.29) is 42.0 Å². The van der Waals surface area contributed by atoms with E-state index in [9.17, 15) is 14.4 Å². The fourth-order valence-electron chi connectivity index (χ4n) is 4.55. The first-order valence-electron chi connectivity index (χ1n) is 10.5. The molecule has 0 bridgehead atoms. The van der Waals surface area contributed by atoms with E-state index in [2.05, 4.69) is 9.97 Å². The van der Waals surface area contributed by atoms with Crippen molar-refractivity contribution in [1.82, 2.24) is 19.8 Å². The third kappa shape index (κ3) is 3.89. The topological polar surface area (TPSA) is 92.7 Å². The van der Waals surface area contributed by atoms with E-state index in [0.717, 1.165) is 5.56 Å². The largest absolute Gasteiger partial charge is 0.469 e. The lowest BCUT2D eigenvalue weighted by Gasteiger charge is -2.40. The predicted molar refractivity (Wildman–Crippen MR) is 112 cm³/mol. The second-order valence-electron chi connectivity index (χ2n) is 8.32. The maximum atomic E-state index is 13.2. The molecule has 1 aromatic heterocycles. The quantitative estimate of drug-likeness (QED) is 0.702. The van der Waals surface area contributed by atoms with Crippen LogP contribution in [0.25, 0.3) is 0 Å². The van der Waals surface area contributed by atoms with Crippen LogP contribution in [0.5, 0.6) is 0 Å². The van der Waals surface area contributed by atoms with Crippen LogP contribution in [0.15, 0.2) is 42.6 Å². The number of piperazine rings is 1. The normalized spacial score (nSPS) is 23.1. The lowest BCUT2D eigenvalue weighted by molar-refractivity contribution is -0.147. The zero-order valence-electron chi connectivity index (χ0n) is 17.9. The molecule has 3 heterocycles. The molecule has 0 unspecified atom stereocenters. The highest BCUT2D eigenvalue weighted by atomic mass is 16.5. The Kier molecular flexibility index (Phi) is 5.71. The average molecular weight is 422 g/mol. The number of hydrogen-bond acceptors (Lipinski definition) is 6. The van der Waals surface area contributed by atoms with E-state index in [0.29, 0.717) is 18.8 Å². The highest BCUT2D eigenvalue weighted by Gasteiger charge is 2.51. The van der Waals surface area contributed by atoms with Crippen molar-refractivity contribution in [3.05, 3.63) is 59.7 Å². The standard InChI is InChI=1S/C23H26N4O4/c1-14(2)21-24-10-9-18(25-21)22(29)26-12-16-11-17(23(30)31-3)20(27(16)19(28)13-26)15-7-5-4-6-8-15/h4-10,14,16-17,20H,11-13H2,1-3H3/t16-,17-,20-/m0/s1. The molecule has 2 aromatic rings. The van der Waals surface area contributed by atoms with E-state index >= 15 is 0 Å². The van der Waals surface area contributed by atoms with Crippen molar-refractivity contribution < 1.29 is 19.1 Å². The number of amides is 2. The minimum Gasteiger partial charge on any atom is -0.469 e. The Morgan fingerprint density at radius 3 is 2.58 bits per heavy atom. The monoisotopic (exact) mass is 422 g/mol. The zero-order valence-corrected chi connectivity index (χ0v) is 17.9. The van der Waals surface area contributed by atoms with Gasteiger partial charge in [0.2, 0.25) is 5.91 Å². The van der Waals surface area contributed by atoms with Crippen molar-refractivity contribution in [2.24, 2.45) is 5.92 Å². The second kappa shape index (κ2) is 8.45. The summed E-state index contributed by atoms with van der Waals surface area (Å²) in [6, 6.07) is 10.4. The zero-order chi connectivity index (χ0) is 22.1. The van der Waals surface area contributed by atoms with E-state index < -0.39 is 12.0 Å². The molecule has 1 aromatic carbocycles. The molecule has 2 fully saturated rings. The summed E-state index contributed by atoms with van der Waals surface area (Å²) in [4.78, 5) is 50.7. The summed E-state index contributed by atoms with van der Waals surface area (Å²) < 4.78 is 5.03. The van der Waals surface area contributed by atoms with Crippen molar-refractivity contribution >= 4 is 17.8 Å². The van der Waals surface area contributed by atoms with Gasteiger partial charge in [-0.15, -0.1) is 0 Å².